The smallest absolute Gasteiger partial charge is 0.145 e. The van der Waals surface area contributed by atoms with E-state index in [1.807, 2.05) is 16.9 Å². The number of hydrogen-bond donors (Lipinski definition) is 1. The number of aryl methyl sites for hydroxylation is 1. The van der Waals surface area contributed by atoms with E-state index in [4.69, 9.17) is 5.73 Å². The molecule has 1 aliphatic carbocycles. The van der Waals surface area contributed by atoms with Crippen molar-refractivity contribution in [1.82, 2.24) is 14.7 Å². The molecule has 0 aromatic carbocycles. The quantitative estimate of drug-likeness (QED) is 0.844. The maximum Gasteiger partial charge on any atom is 0.145 e. The SMILES string of the molecule is CCN(CCCn1ccc(N)n1)C1CCCCC1. The monoisotopic (exact) mass is 250 g/mol. The van der Waals surface area contributed by atoms with E-state index in [9.17, 15) is 0 Å². The predicted octanol–water partition coefficient (Wildman–Crippen LogP) is 2.51. The molecule has 0 atom stereocenters. The maximum atomic E-state index is 5.61. The van der Waals surface area contributed by atoms with Crippen molar-refractivity contribution in [1.29, 1.82) is 0 Å². The van der Waals surface area contributed by atoms with Crippen LogP contribution in [-0.4, -0.2) is 33.8 Å². The molecule has 0 saturated heterocycles. The minimum absolute atomic E-state index is 0.620. The summed E-state index contributed by atoms with van der Waals surface area (Å²) in [7, 11) is 0. The zero-order valence-corrected chi connectivity index (χ0v) is 11.5. The van der Waals surface area contributed by atoms with E-state index in [2.05, 4.69) is 16.9 Å². The van der Waals surface area contributed by atoms with Crippen molar-refractivity contribution in [3.63, 3.8) is 0 Å². The molecule has 18 heavy (non-hydrogen) atoms. The minimum Gasteiger partial charge on any atom is -0.382 e. The number of anilines is 1. The summed E-state index contributed by atoms with van der Waals surface area (Å²) in [6.07, 6.45) is 10.2. The molecule has 1 fully saturated rings. The minimum atomic E-state index is 0.620. The van der Waals surface area contributed by atoms with Gasteiger partial charge in [0.05, 0.1) is 0 Å². The summed E-state index contributed by atoms with van der Waals surface area (Å²) in [5.74, 6) is 0.620. The first-order valence-corrected chi connectivity index (χ1v) is 7.32. The van der Waals surface area contributed by atoms with E-state index in [1.54, 1.807) is 0 Å². The Hall–Kier alpha value is -1.03. The number of nitrogen functional groups attached to an aromatic ring is 1. The molecular formula is C14H26N4. The first kappa shape index (κ1) is 13.4. The van der Waals surface area contributed by atoms with Crippen LogP contribution < -0.4 is 5.73 Å². The summed E-state index contributed by atoms with van der Waals surface area (Å²) in [6.45, 7) is 5.60. The molecule has 1 aliphatic rings. The van der Waals surface area contributed by atoms with Gasteiger partial charge in [0.1, 0.15) is 5.82 Å². The number of rotatable bonds is 6. The molecule has 2 rings (SSSR count). The maximum absolute atomic E-state index is 5.61. The van der Waals surface area contributed by atoms with Crippen LogP contribution in [0.3, 0.4) is 0 Å². The van der Waals surface area contributed by atoms with Crippen LogP contribution in [0.25, 0.3) is 0 Å². The second-order valence-electron chi connectivity index (χ2n) is 5.28. The molecule has 2 N–H and O–H groups in total. The van der Waals surface area contributed by atoms with E-state index in [0.717, 1.165) is 19.0 Å². The predicted molar refractivity (Wildman–Crippen MR) is 75.4 cm³/mol. The zero-order chi connectivity index (χ0) is 12.8. The number of hydrogen-bond acceptors (Lipinski definition) is 3. The summed E-state index contributed by atoms with van der Waals surface area (Å²) < 4.78 is 1.95. The van der Waals surface area contributed by atoms with Gasteiger partial charge >= 0.3 is 0 Å². The van der Waals surface area contributed by atoms with Crippen LogP contribution in [-0.2, 0) is 6.54 Å². The first-order valence-electron chi connectivity index (χ1n) is 7.32. The summed E-state index contributed by atoms with van der Waals surface area (Å²) in [5, 5.41) is 4.22. The molecule has 0 aliphatic heterocycles. The van der Waals surface area contributed by atoms with Gasteiger partial charge < -0.3 is 10.6 Å². The Morgan fingerprint density at radius 3 is 2.78 bits per heavy atom. The van der Waals surface area contributed by atoms with Gasteiger partial charge in [-0.2, -0.15) is 5.10 Å². The van der Waals surface area contributed by atoms with E-state index < -0.39 is 0 Å². The third kappa shape index (κ3) is 3.73. The average molecular weight is 250 g/mol. The molecule has 4 heteroatoms. The fourth-order valence-electron chi connectivity index (χ4n) is 2.98. The van der Waals surface area contributed by atoms with Crippen LogP contribution in [0.2, 0.25) is 0 Å². The van der Waals surface area contributed by atoms with Crippen molar-refractivity contribution in [2.75, 3.05) is 18.8 Å². The lowest BCUT2D eigenvalue weighted by molar-refractivity contribution is 0.159. The summed E-state index contributed by atoms with van der Waals surface area (Å²) in [6, 6.07) is 2.69. The fraction of sp³-hybridized carbons (Fsp3) is 0.786. The van der Waals surface area contributed by atoms with Crippen molar-refractivity contribution < 1.29 is 0 Å². The Bertz CT molecular complexity index is 341. The number of nitrogens with zero attached hydrogens (tertiary/aromatic N) is 3. The van der Waals surface area contributed by atoms with Gasteiger partial charge in [0.25, 0.3) is 0 Å². The third-order valence-electron chi connectivity index (χ3n) is 3.99. The Balaban J connectivity index is 1.73. The largest absolute Gasteiger partial charge is 0.382 e. The highest BCUT2D eigenvalue weighted by Gasteiger charge is 2.19. The Morgan fingerprint density at radius 2 is 2.17 bits per heavy atom. The van der Waals surface area contributed by atoms with Crippen molar-refractivity contribution in [3.05, 3.63) is 12.3 Å². The van der Waals surface area contributed by atoms with Gasteiger partial charge in [-0.3, -0.25) is 4.68 Å². The van der Waals surface area contributed by atoms with Gasteiger partial charge in [-0.15, -0.1) is 0 Å². The van der Waals surface area contributed by atoms with Crippen molar-refractivity contribution in [3.8, 4) is 0 Å². The molecule has 102 valence electrons. The van der Waals surface area contributed by atoms with Gasteiger partial charge in [0, 0.05) is 25.3 Å². The van der Waals surface area contributed by atoms with Gasteiger partial charge in [0.15, 0.2) is 0 Å². The summed E-state index contributed by atoms with van der Waals surface area (Å²) in [4.78, 5) is 2.64. The van der Waals surface area contributed by atoms with Crippen molar-refractivity contribution in [2.24, 2.45) is 0 Å². The van der Waals surface area contributed by atoms with Crippen LogP contribution in [0.1, 0.15) is 45.4 Å². The molecule has 1 saturated carbocycles. The molecule has 0 amide bonds. The lowest BCUT2D eigenvalue weighted by Crippen LogP contribution is -2.37. The van der Waals surface area contributed by atoms with Gasteiger partial charge in [-0.05, 0) is 31.9 Å². The lowest BCUT2D eigenvalue weighted by atomic mass is 9.94. The van der Waals surface area contributed by atoms with Gasteiger partial charge in [0.2, 0.25) is 0 Å². The third-order valence-corrected chi connectivity index (χ3v) is 3.99. The summed E-state index contributed by atoms with van der Waals surface area (Å²) >= 11 is 0. The average Bonchev–Trinajstić information content (AvgIpc) is 2.81. The highest BCUT2D eigenvalue weighted by molar-refractivity contribution is 5.23. The molecule has 0 spiro atoms. The molecular weight excluding hydrogens is 224 g/mol. The summed E-state index contributed by atoms with van der Waals surface area (Å²) in [5.41, 5.74) is 5.61. The lowest BCUT2D eigenvalue weighted by Gasteiger charge is -2.33. The highest BCUT2D eigenvalue weighted by atomic mass is 15.3. The van der Waals surface area contributed by atoms with E-state index >= 15 is 0 Å². The molecule has 1 aromatic rings. The first-order chi connectivity index (χ1) is 8.79. The van der Waals surface area contributed by atoms with Crippen LogP contribution in [0, 0.1) is 0 Å². The second kappa shape index (κ2) is 6.78. The molecule has 0 bridgehead atoms. The number of aromatic nitrogens is 2. The molecule has 4 nitrogen and oxygen atoms in total. The van der Waals surface area contributed by atoms with Crippen LogP contribution >= 0.6 is 0 Å². The molecule has 1 heterocycles. The Labute approximate surface area is 110 Å². The van der Waals surface area contributed by atoms with Crippen molar-refractivity contribution in [2.45, 2.75) is 58.0 Å². The van der Waals surface area contributed by atoms with Gasteiger partial charge in [-0.1, -0.05) is 26.2 Å². The zero-order valence-electron chi connectivity index (χ0n) is 11.5. The molecule has 1 aromatic heterocycles. The van der Waals surface area contributed by atoms with E-state index in [1.165, 1.54) is 45.2 Å². The normalized spacial score (nSPS) is 17.4. The van der Waals surface area contributed by atoms with Crippen LogP contribution in [0.15, 0.2) is 12.3 Å². The Kier molecular flexibility index (Phi) is 5.05. The van der Waals surface area contributed by atoms with Crippen LogP contribution in [0.4, 0.5) is 5.82 Å². The molecule has 0 radical (unpaired) electrons. The van der Waals surface area contributed by atoms with Crippen molar-refractivity contribution >= 4 is 5.82 Å². The van der Waals surface area contributed by atoms with E-state index in [0.29, 0.717) is 5.82 Å². The fourth-order valence-corrected chi connectivity index (χ4v) is 2.98. The number of nitrogens with two attached hydrogens (primary N) is 1. The van der Waals surface area contributed by atoms with Gasteiger partial charge in [-0.25, -0.2) is 0 Å². The highest BCUT2D eigenvalue weighted by Crippen LogP contribution is 2.22. The Morgan fingerprint density at radius 1 is 1.39 bits per heavy atom. The van der Waals surface area contributed by atoms with E-state index in [-0.39, 0.29) is 0 Å². The topological polar surface area (TPSA) is 47.1 Å². The standard InChI is InChI=1S/C14H26N4/c1-2-17(13-7-4-3-5-8-13)10-6-11-18-12-9-14(15)16-18/h9,12-13H,2-8,10-11H2,1H3,(H2,15,16). The molecule has 0 unspecified atom stereocenters. The van der Waals surface area contributed by atoms with Crippen LogP contribution in [0.5, 0.6) is 0 Å². The second-order valence-corrected chi connectivity index (χ2v) is 5.28.